The zero-order valence-corrected chi connectivity index (χ0v) is 11.4. The number of nitrogens with one attached hydrogen (secondary N) is 1. The van der Waals surface area contributed by atoms with E-state index in [0.717, 1.165) is 13.1 Å². The van der Waals surface area contributed by atoms with Crippen molar-refractivity contribution in [3.63, 3.8) is 0 Å². The predicted molar refractivity (Wildman–Crippen MR) is 77.6 cm³/mol. The second kappa shape index (κ2) is 7.39. The van der Waals surface area contributed by atoms with Gasteiger partial charge in [-0.25, -0.2) is 5.01 Å². The first-order valence-electron chi connectivity index (χ1n) is 7.17. The molecular weight excluding hydrogens is 222 g/mol. The van der Waals surface area contributed by atoms with E-state index >= 15 is 0 Å². The maximum atomic E-state index is 3.48. The third kappa shape index (κ3) is 4.31. The lowest BCUT2D eigenvalue weighted by molar-refractivity contribution is 0.151. The Balaban J connectivity index is 1.67. The number of piperazine rings is 1. The van der Waals surface area contributed by atoms with E-state index in [1.165, 1.54) is 44.6 Å². The van der Waals surface area contributed by atoms with Gasteiger partial charge >= 0.3 is 0 Å². The molecule has 18 heavy (non-hydrogen) atoms. The Kier molecular flexibility index (Phi) is 5.49. The van der Waals surface area contributed by atoms with Crippen molar-refractivity contribution in [3.8, 4) is 0 Å². The molecule has 3 heteroatoms. The van der Waals surface area contributed by atoms with Crippen molar-refractivity contribution in [2.75, 3.05) is 38.1 Å². The van der Waals surface area contributed by atoms with Crippen molar-refractivity contribution in [2.24, 2.45) is 0 Å². The number of hydrazine groups is 1. The van der Waals surface area contributed by atoms with Gasteiger partial charge in [0.1, 0.15) is 0 Å². The average Bonchev–Trinajstić information content (AvgIpc) is 2.42. The van der Waals surface area contributed by atoms with Crippen molar-refractivity contribution in [2.45, 2.75) is 26.2 Å². The standard InChI is InChI=1S/C15H25N3/c1-2-3-7-10-17-11-13-18(14-12-17)16-15-8-5-4-6-9-15/h4-6,8-9,16H,2-3,7,10-14H2,1H3. The Morgan fingerprint density at radius 2 is 1.72 bits per heavy atom. The normalized spacial score (nSPS) is 17.8. The molecule has 1 aliphatic rings. The smallest absolute Gasteiger partial charge is 0.0490 e. The van der Waals surface area contributed by atoms with Crippen LogP contribution < -0.4 is 5.43 Å². The van der Waals surface area contributed by atoms with Crippen molar-refractivity contribution in [1.82, 2.24) is 9.91 Å². The molecule has 2 rings (SSSR count). The molecule has 0 aromatic heterocycles. The summed E-state index contributed by atoms with van der Waals surface area (Å²) in [4.78, 5) is 2.58. The second-order valence-corrected chi connectivity index (χ2v) is 5.01. The molecule has 1 aromatic carbocycles. The molecule has 3 nitrogen and oxygen atoms in total. The number of anilines is 1. The van der Waals surface area contributed by atoms with Crippen LogP contribution in [0.1, 0.15) is 26.2 Å². The molecule has 0 radical (unpaired) electrons. The van der Waals surface area contributed by atoms with Crippen LogP contribution in [0, 0.1) is 0 Å². The van der Waals surface area contributed by atoms with Gasteiger partial charge in [-0.15, -0.1) is 0 Å². The van der Waals surface area contributed by atoms with Crippen molar-refractivity contribution < 1.29 is 0 Å². The van der Waals surface area contributed by atoms with E-state index in [2.05, 4.69) is 52.6 Å². The van der Waals surface area contributed by atoms with Crippen molar-refractivity contribution >= 4 is 5.69 Å². The number of rotatable bonds is 6. The first-order valence-corrected chi connectivity index (χ1v) is 7.17. The van der Waals surface area contributed by atoms with Gasteiger partial charge in [0.15, 0.2) is 0 Å². The quantitative estimate of drug-likeness (QED) is 0.780. The number of para-hydroxylation sites is 1. The highest BCUT2D eigenvalue weighted by Gasteiger charge is 2.15. The number of unbranched alkanes of at least 4 members (excludes halogenated alkanes) is 2. The third-order valence-electron chi connectivity index (χ3n) is 3.51. The van der Waals surface area contributed by atoms with Crippen molar-refractivity contribution in [3.05, 3.63) is 30.3 Å². The highest BCUT2D eigenvalue weighted by Crippen LogP contribution is 2.09. The summed E-state index contributed by atoms with van der Waals surface area (Å²) in [6.45, 7) is 8.13. The fourth-order valence-electron chi connectivity index (χ4n) is 2.36. The lowest BCUT2D eigenvalue weighted by atomic mass is 10.2. The van der Waals surface area contributed by atoms with Gasteiger partial charge in [0, 0.05) is 31.9 Å². The first-order chi connectivity index (χ1) is 8.88. The lowest BCUT2D eigenvalue weighted by Gasteiger charge is -2.35. The number of nitrogens with zero attached hydrogens (tertiary/aromatic N) is 2. The van der Waals surface area contributed by atoms with Crippen LogP contribution in [0.3, 0.4) is 0 Å². The number of hydrogen-bond donors (Lipinski definition) is 1. The molecule has 0 spiro atoms. The Morgan fingerprint density at radius 1 is 1.00 bits per heavy atom. The number of hydrogen-bond acceptors (Lipinski definition) is 3. The van der Waals surface area contributed by atoms with E-state index in [1.807, 2.05) is 0 Å². The van der Waals surface area contributed by atoms with Gasteiger partial charge < -0.3 is 10.3 Å². The summed E-state index contributed by atoms with van der Waals surface area (Å²) >= 11 is 0. The van der Waals surface area contributed by atoms with E-state index in [9.17, 15) is 0 Å². The van der Waals surface area contributed by atoms with Gasteiger partial charge in [-0.2, -0.15) is 0 Å². The maximum absolute atomic E-state index is 3.48. The minimum Gasteiger partial charge on any atom is -0.319 e. The van der Waals surface area contributed by atoms with Crippen LogP contribution in [0.4, 0.5) is 5.69 Å². The van der Waals surface area contributed by atoms with Gasteiger partial charge in [-0.1, -0.05) is 38.0 Å². The SMILES string of the molecule is CCCCCN1CCN(Nc2ccccc2)CC1. The maximum Gasteiger partial charge on any atom is 0.0490 e. The summed E-state index contributed by atoms with van der Waals surface area (Å²) in [5.74, 6) is 0. The van der Waals surface area contributed by atoms with Gasteiger partial charge in [0.05, 0.1) is 0 Å². The van der Waals surface area contributed by atoms with Crippen molar-refractivity contribution in [1.29, 1.82) is 0 Å². The molecule has 1 N–H and O–H groups in total. The van der Waals surface area contributed by atoms with E-state index in [0.29, 0.717) is 0 Å². The molecular formula is C15H25N3. The molecule has 0 amide bonds. The zero-order valence-electron chi connectivity index (χ0n) is 11.4. The molecule has 1 aliphatic heterocycles. The summed E-state index contributed by atoms with van der Waals surface area (Å²) in [7, 11) is 0. The molecule has 0 bridgehead atoms. The molecule has 1 saturated heterocycles. The summed E-state index contributed by atoms with van der Waals surface area (Å²) in [6.07, 6.45) is 4.03. The third-order valence-corrected chi connectivity index (χ3v) is 3.51. The van der Waals surface area contributed by atoms with Crippen LogP contribution in [-0.4, -0.2) is 42.6 Å². The predicted octanol–water partition coefficient (Wildman–Crippen LogP) is 2.82. The monoisotopic (exact) mass is 247 g/mol. The molecule has 1 fully saturated rings. The molecule has 0 saturated carbocycles. The van der Waals surface area contributed by atoms with Gasteiger partial charge in [-0.3, -0.25) is 0 Å². The van der Waals surface area contributed by atoms with Gasteiger partial charge in [-0.05, 0) is 25.1 Å². The Bertz CT molecular complexity index is 318. The lowest BCUT2D eigenvalue weighted by Crippen LogP contribution is -2.48. The number of benzene rings is 1. The molecule has 1 heterocycles. The second-order valence-electron chi connectivity index (χ2n) is 5.01. The summed E-state index contributed by atoms with van der Waals surface area (Å²) in [6, 6.07) is 10.4. The molecule has 0 aliphatic carbocycles. The molecule has 0 atom stereocenters. The topological polar surface area (TPSA) is 18.5 Å². The van der Waals surface area contributed by atoms with E-state index in [-0.39, 0.29) is 0 Å². The molecule has 1 aromatic rings. The Labute approximate surface area is 111 Å². The van der Waals surface area contributed by atoms with E-state index in [1.54, 1.807) is 0 Å². The van der Waals surface area contributed by atoms with Crippen LogP contribution in [0.15, 0.2) is 30.3 Å². The fourth-order valence-corrected chi connectivity index (χ4v) is 2.36. The van der Waals surface area contributed by atoms with Crippen LogP contribution in [0.5, 0.6) is 0 Å². The van der Waals surface area contributed by atoms with Gasteiger partial charge in [0.25, 0.3) is 0 Å². The highest BCUT2D eigenvalue weighted by atomic mass is 15.5. The minimum absolute atomic E-state index is 1.11. The van der Waals surface area contributed by atoms with Crippen LogP contribution in [0.2, 0.25) is 0 Å². The summed E-state index contributed by atoms with van der Waals surface area (Å²) in [5, 5.41) is 2.33. The summed E-state index contributed by atoms with van der Waals surface area (Å²) in [5.41, 5.74) is 4.67. The Hall–Kier alpha value is -1.06. The Morgan fingerprint density at radius 3 is 2.39 bits per heavy atom. The molecule has 0 unspecified atom stereocenters. The average molecular weight is 247 g/mol. The largest absolute Gasteiger partial charge is 0.319 e. The van der Waals surface area contributed by atoms with Crippen LogP contribution in [-0.2, 0) is 0 Å². The van der Waals surface area contributed by atoms with Crippen LogP contribution in [0.25, 0.3) is 0 Å². The fraction of sp³-hybridized carbons (Fsp3) is 0.600. The van der Waals surface area contributed by atoms with E-state index in [4.69, 9.17) is 0 Å². The first kappa shape index (κ1) is 13.4. The van der Waals surface area contributed by atoms with E-state index < -0.39 is 0 Å². The summed E-state index contributed by atoms with van der Waals surface area (Å²) < 4.78 is 0. The van der Waals surface area contributed by atoms with Gasteiger partial charge in [0.2, 0.25) is 0 Å². The highest BCUT2D eigenvalue weighted by molar-refractivity contribution is 5.41. The van der Waals surface area contributed by atoms with Crippen LogP contribution >= 0.6 is 0 Å². The zero-order chi connectivity index (χ0) is 12.6. The minimum atomic E-state index is 1.11. The molecule has 100 valence electrons.